The lowest BCUT2D eigenvalue weighted by atomic mass is 10.00. The maximum Gasteiger partial charge on any atom is 0.472 e. The Bertz CT molecular complexity index is 1920. The molecule has 0 radical (unpaired) electrons. The number of esters is 4. The van der Waals surface area contributed by atoms with Crippen LogP contribution in [0.15, 0.2) is 0 Å². The lowest BCUT2D eigenvalue weighted by Gasteiger charge is -2.21. The third-order valence-electron chi connectivity index (χ3n) is 18.7. The molecule has 0 aliphatic heterocycles. The molecule has 3 unspecified atom stereocenters. The molecule has 0 spiro atoms. The molecule has 0 fully saturated rings. The van der Waals surface area contributed by atoms with Crippen molar-refractivity contribution in [1.29, 1.82) is 0 Å². The molecule has 0 heterocycles. The molecular formula is C79H154O17P2. The summed E-state index contributed by atoms with van der Waals surface area (Å²) in [6.45, 7) is 14.2. The SMILES string of the molecule is CCC(C)CCCCCCCCC(=O)OC[C@H](COP(=O)(O)OC[C@H](O)COP(=O)(O)OC[C@@H](COC(=O)CCCCCCCCCCCCCCCC(C)C)OC(=O)CCCCCCCCCCCCCC(C)C)OC(=O)CCCCCCCCCCCCCCCCCC(C)C. The van der Waals surface area contributed by atoms with Crippen molar-refractivity contribution in [2.24, 2.45) is 23.7 Å². The van der Waals surface area contributed by atoms with E-state index in [1.165, 1.54) is 199 Å². The van der Waals surface area contributed by atoms with Crippen LogP contribution in [0.5, 0.6) is 0 Å². The zero-order valence-electron chi connectivity index (χ0n) is 64.4. The molecule has 0 aromatic heterocycles. The number of phosphoric acid groups is 2. The van der Waals surface area contributed by atoms with Gasteiger partial charge in [-0.3, -0.25) is 37.3 Å². The van der Waals surface area contributed by atoms with E-state index in [0.717, 1.165) is 120 Å². The van der Waals surface area contributed by atoms with Gasteiger partial charge in [-0.2, -0.15) is 0 Å². The normalized spacial score (nSPS) is 14.3. The third kappa shape index (κ3) is 71.1. The second-order valence-corrected chi connectivity index (χ2v) is 33.0. The quantitative estimate of drug-likeness (QED) is 0.0222. The van der Waals surface area contributed by atoms with Crippen molar-refractivity contribution in [1.82, 2.24) is 0 Å². The number of hydrogen-bond acceptors (Lipinski definition) is 15. The van der Waals surface area contributed by atoms with Gasteiger partial charge in [0.25, 0.3) is 0 Å². The Hall–Kier alpha value is -1.94. The molecule has 0 saturated heterocycles. The van der Waals surface area contributed by atoms with E-state index < -0.39 is 97.5 Å². The minimum atomic E-state index is -4.96. The molecule has 98 heavy (non-hydrogen) atoms. The summed E-state index contributed by atoms with van der Waals surface area (Å²) in [6.07, 6.45) is 54.1. The summed E-state index contributed by atoms with van der Waals surface area (Å²) in [5, 5.41) is 10.6. The van der Waals surface area contributed by atoms with Crippen LogP contribution in [0, 0.1) is 23.7 Å². The Morgan fingerprint density at radius 1 is 0.286 bits per heavy atom. The van der Waals surface area contributed by atoms with E-state index >= 15 is 0 Å². The summed E-state index contributed by atoms with van der Waals surface area (Å²) in [5.41, 5.74) is 0. The molecule has 0 rings (SSSR count). The lowest BCUT2D eigenvalue weighted by Crippen LogP contribution is -2.30. The van der Waals surface area contributed by atoms with Crippen LogP contribution in [0.4, 0.5) is 0 Å². The Morgan fingerprint density at radius 2 is 0.490 bits per heavy atom. The fraction of sp³-hybridized carbons (Fsp3) is 0.949. The van der Waals surface area contributed by atoms with Crippen LogP contribution in [-0.4, -0.2) is 96.7 Å². The Morgan fingerprint density at radius 3 is 0.724 bits per heavy atom. The van der Waals surface area contributed by atoms with E-state index in [0.29, 0.717) is 25.7 Å². The molecule has 6 atom stereocenters. The topological polar surface area (TPSA) is 237 Å². The van der Waals surface area contributed by atoms with Gasteiger partial charge in [0.1, 0.15) is 19.3 Å². The van der Waals surface area contributed by atoms with Gasteiger partial charge in [-0.15, -0.1) is 0 Å². The number of carbonyl (C=O) groups excluding carboxylic acids is 4. The number of phosphoric ester groups is 2. The maximum atomic E-state index is 13.1. The van der Waals surface area contributed by atoms with Gasteiger partial charge >= 0.3 is 39.5 Å². The average molecular weight is 1440 g/mol. The van der Waals surface area contributed by atoms with Crippen LogP contribution < -0.4 is 0 Å². The van der Waals surface area contributed by atoms with Crippen LogP contribution in [0.2, 0.25) is 0 Å². The molecular weight excluding hydrogens is 1280 g/mol. The van der Waals surface area contributed by atoms with Crippen molar-refractivity contribution < 1.29 is 80.2 Å². The van der Waals surface area contributed by atoms with Crippen LogP contribution in [0.3, 0.4) is 0 Å². The maximum absolute atomic E-state index is 13.1. The summed E-state index contributed by atoms with van der Waals surface area (Å²) < 4.78 is 68.6. The third-order valence-corrected chi connectivity index (χ3v) is 20.6. The second kappa shape index (κ2) is 68.2. The van der Waals surface area contributed by atoms with E-state index in [9.17, 15) is 43.2 Å². The van der Waals surface area contributed by atoms with Gasteiger partial charge in [0.15, 0.2) is 12.2 Å². The number of rotatable bonds is 76. The summed E-state index contributed by atoms with van der Waals surface area (Å²) in [7, 11) is -9.92. The average Bonchev–Trinajstić information content (AvgIpc) is 1.44. The zero-order chi connectivity index (χ0) is 72.4. The van der Waals surface area contributed by atoms with Gasteiger partial charge in [-0.1, -0.05) is 351 Å². The second-order valence-electron chi connectivity index (χ2n) is 30.1. The van der Waals surface area contributed by atoms with Crippen molar-refractivity contribution in [3.05, 3.63) is 0 Å². The molecule has 3 N–H and O–H groups in total. The first kappa shape index (κ1) is 96.1. The van der Waals surface area contributed by atoms with Gasteiger partial charge < -0.3 is 33.8 Å². The summed E-state index contributed by atoms with van der Waals surface area (Å²) in [6, 6.07) is 0. The summed E-state index contributed by atoms with van der Waals surface area (Å²) in [5.74, 6) is 0.973. The first-order chi connectivity index (χ1) is 47.1. The molecule has 0 amide bonds. The van der Waals surface area contributed by atoms with Crippen LogP contribution in [0.1, 0.15) is 402 Å². The number of aliphatic hydroxyl groups is 1. The number of aliphatic hydroxyl groups excluding tert-OH is 1. The van der Waals surface area contributed by atoms with Crippen LogP contribution in [0.25, 0.3) is 0 Å². The monoisotopic (exact) mass is 1440 g/mol. The number of carbonyl (C=O) groups is 4. The van der Waals surface area contributed by atoms with Gasteiger partial charge in [0.2, 0.25) is 0 Å². The lowest BCUT2D eigenvalue weighted by molar-refractivity contribution is -0.161. The Labute approximate surface area is 600 Å². The minimum absolute atomic E-state index is 0.106. The molecule has 17 nitrogen and oxygen atoms in total. The highest BCUT2D eigenvalue weighted by Crippen LogP contribution is 2.45. The number of hydrogen-bond donors (Lipinski definition) is 3. The molecule has 0 saturated carbocycles. The van der Waals surface area contributed by atoms with Crippen molar-refractivity contribution in [3.8, 4) is 0 Å². The van der Waals surface area contributed by atoms with Crippen molar-refractivity contribution in [2.75, 3.05) is 39.6 Å². The van der Waals surface area contributed by atoms with Crippen molar-refractivity contribution in [3.63, 3.8) is 0 Å². The highest BCUT2D eigenvalue weighted by Gasteiger charge is 2.30. The van der Waals surface area contributed by atoms with E-state index in [1.807, 2.05) is 0 Å². The highest BCUT2D eigenvalue weighted by molar-refractivity contribution is 7.47. The fourth-order valence-corrected chi connectivity index (χ4v) is 13.6. The number of unbranched alkanes of at least 4 members (excludes halogenated alkanes) is 41. The van der Waals surface area contributed by atoms with Crippen molar-refractivity contribution >= 4 is 39.5 Å². The largest absolute Gasteiger partial charge is 0.472 e. The van der Waals surface area contributed by atoms with Gasteiger partial charge in [0, 0.05) is 25.7 Å². The van der Waals surface area contributed by atoms with Gasteiger partial charge in [-0.25, -0.2) is 9.13 Å². The summed E-state index contributed by atoms with van der Waals surface area (Å²) in [4.78, 5) is 73.0. The molecule has 0 aromatic rings. The molecule has 19 heteroatoms. The first-order valence-electron chi connectivity index (χ1n) is 40.7. The zero-order valence-corrected chi connectivity index (χ0v) is 66.2. The predicted molar refractivity (Wildman–Crippen MR) is 400 cm³/mol. The van der Waals surface area contributed by atoms with E-state index in [4.69, 9.17) is 37.0 Å². The molecule has 0 aromatic carbocycles. The highest BCUT2D eigenvalue weighted by atomic mass is 31.2. The molecule has 0 aliphatic rings. The van der Waals surface area contributed by atoms with Crippen LogP contribution in [-0.2, 0) is 65.4 Å². The first-order valence-corrected chi connectivity index (χ1v) is 43.7. The fourth-order valence-electron chi connectivity index (χ4n) is 12.0. The Balaban J connectivity index is 5.24. The van der Waals surface area contributed by atoms with Crippen LogP contribution >= 0.6 is 15.6 Å². The standard InChI is InChI=1S/C79H154O17P2/c1-9-72(8)58-50-42-37-38-44-52-60-77(82)90-66-75(96-78(83)61-53-45-35-29-23-16-12-10-11-14-19-25-31-39-47-55-69(2)3)68-94-98(87,88)92-64-73(80)63-91-97(85,86)93-67-74(95-79(84)62-54-46-36-30-24-18-21-27-33-41-49-57-71(6)7)65-89-76(81)59-51-43-34-28-22-17-13-15-20-26-32-40-48-56-70(4)5/h69-75,80H,9-68H2,1-8H3,(H,85,86)(H,87,88)/t72?,73-,74-,75-/m1/s1. The summed E-state index contributed by atoms with van der Waals surface area (Å²) >= 11 is 0. The van der Waals surface area contributed by atoms with Crippen molar-refractivity contribution in [2.45, 2.75) is 420 Å². The minimum Gasteiger partial charge on any atom is -0.462 e. The molecule has 0 bridgehead atoms. The van der Waals surface area contributed by atoms with E-state index in [1.54, 1.807) is 0 Å². The predicted octanol–water partition coefficient (Wildman–Crippen LogP) is 23.2. The number of ether oxygens (including phenoxy) is 4. The molecule has 0 aliphatic carbocycles. The van der Waals surface area contributed by atoms with E-state index in [-0.39, 0.29) is 25.7 Å². The van der Waals surface area contributed by atoms with Gasteiger partial charge in [0.05, 0.1) is 26.4 Å². The van der Waals surface area contributed by atoms with E-state index in [2.05, 4.69) is 55.4 Å². The molecule has 582 valence electrons. The smallest absolute Gasteiger partial charge is 0.462 e. The Kier molecular flexibility index (Phi) is 66.8. The van der Waals surface area contributed by atoms with Gasteiger partial charge in [-0.05, 0) is 49.4 Å².